The van der Waals surface area contributed by atoms with E-state index in [0.29, 0.717) is 11.0 Å². The smallest absolute Gasteiger partial charge is 0.0154 e. The van der Waals surface area contributed by atoms with Crippen molar-refractivity contribution in [1.29, 1.82) is 0 Å². The average Bonchev–Trinajstić information content (AvgIpc) is 2.16. The molecule has 0 unspecified atom stereocenters. The summed E-state index contributed by atoms with van der Waals surface area (Å²) in [6, 6.07) is 0. The van der Waals surface area contributed by atoms with E-state index in [0.717, 1.165) is 13.1 Å². The van der Waals surface area contributed by atoms with Crippen LogP contribution in [0.4, 0.5) is 0 Å². The van der Waals surface area contributed by atoms with Gasteiger partial charge in [0.25, 0.3) is 0 Å². The lowest BCUT2D eigenvalue weighted by Crippen LogP contribution is -2.53. The van der Waals surface area contributed by atoms with Crippen molar-refractivity contribution < 1.29 is 0 Å². The van der Waals surface area contributed by atoms with Gasteiger partial charge >= 0.3 is 0 Å². The van der Waals surface area contributed by atoms with Gasteiger partial charge in [-0.3, -0.25) is 4.90 Å². The molecule has 2 heteroatoms. The van der Waals surface area contributed by atoms with Crippen LogP contribution in [0.3, 0.4) is 0 Å². The third-order valence-electron chi connectivity index (χ3n) is 3.46. The van der Waals surface area contributed by atoms with Crippen molar-refractivity contribution in [2.75, 3.05) is 26.2 Å². The first-order valence-electron chi connectivity index (χ1n) is 6.27. The molecular weight excluding hydrogens is 184 g/mol. The van der Waals surface area contributed by atoms with Crippen LogP contribution in [-0.4, -0.2) is 36.6 Å². The molecule has 1 rings (SSSR count). The zero-order valence-corrected chi connectivity index (χ0v) is 11.2. The normalized spacial score (nSPS) is 20.6. The first kappa shape index (κ1) is 13.0. The Hall–Kier alpha value is -0.0800. The zero-order valence-electron chi connectivity index (χ0n) is 11.2. The maximum atomic E-state index is 3.42. The number of hydrogen-bond donors (Lipinski definition) is 1. The van der Waals surface area contributed by atoms with E-state index in [2.05, 4.69) is 44.8 Å². The standard InChI is InChI=1S/C13H28N2/c1-12(2,3)6-7-13(4,5)15-10-8-14-9-11-15/h14H,6-11H2,1-5H3. The molecule has 0 spiro atoms. The minimum Gasteiger partial charge on any atom is -0.314 e. The minimum absolute atomic E-state index is 0.370. The fourth-order valence-electron chi connectivity index (χ4n) is 2.11. The van der Waals surface area contributed by atoms with Gasteiger partial charge in [0.1, 0.15) is 0 Å². The van der Waals surface area contributed by atoms with Crippen molar-refractivity contribution in [3.05, 3.63) is 0 Å². The second-order valence-electron chi connectivity index (χ2n) is 6.61. The number of nitrogens with zero attached hydrogens (tertiary/aromatic N) is 1. The molecule has 0 aromatic rings. The lowest BCUT2D eigenvalue weighted by atomic mass is 9.84. The molecule has 0 amide bonds. The average molecular weight is 212 g/mol. The van der Waals surface area contributed by atoms with Crippen molar-refractivity contribution in [3.8, 4) is 0 Å². The molecule has 1 N–H and O–H groups in total. The first-order chi connectivity index (χ1) is 6.81. The summed E-state index contributed by atoms with van der Waals surface area (Å²) in [6.07, 6.45) is 2.61. The highest BCUT2D eigenvalue weighted by Gasteiger charge is 2.28. The molecule has 90 valence electrons. The van der Waals surface area contributed by atoms with Gasteiger partial charge in [-0.1, -0.05) is 20.8 Å². The number of nitrogens with one attached hydrogen (secondary N) is 1. The second kappa shape index (κ2) is 4.84. The Labute approximate surface area is 95.4 Å². The summed E-state index contributed by atoms with van der Waals surface area (Å²) in [5, 5.41) is 3.42. The van der Waals surface area contributed by atoms with Gasteiger partial charge in [-0.05, 0) is 32.1 Å². The molecule has 0 aromatic heterocycles. The summed E-state index contributed by atoms with van der Waals surface area (Å²) in [6.45, 7) is 16.5. The summed E-state index contributed by atoms with van der Waals surface area (Å²) in [4.78, 5) is 2.63. The van der Waals surface area contributed by atoms with E-state index < -0.39 is 0 Å². The fourth-order valence-corrected chi connectivity index (χ4v) is 2.11. The van der Waals surface area contributed by atoms with Gasteiger partial charge < -0.3 is 5.32 Å². The Kier molecular flexibility index (Phi) is 4.19. The van der Waals surface area contributed by atoms with Crippen molar-refractivity contribution in [3.63, 3.8) is 0 Å². The van der Waals surface area contributed by atoms with Crippen LogP contribution in [0.2, 0.25) is 0 Å². The molecule has 1 saturated heterocycles. The lowest BCUT2D eigenvalue weighted by molar-refractivity contribution is 0.0843. The van der Waals surface area contributed by atoms with Crippen LogP contribution in [0.15, 0.2) is 0 Å². The van der Waals surface area contributed by atoms with E-state index in [1.807, 2.05) is 0 Å². The Balaban J connectivity index is 2.42. The zero-order chi connectivity index (χ0) is 11.5. The molecule has 0 atom stereocenters. The van der Waals surface area contributed by atoms with E-state index in [9.17, 15) is 0 Å². The minimum atomic E-state index is 0.370. The van der Waals surface area contributed by atoms with Gasteiger partial charge in [0.2, 0.25) is 0 Å². The second-order valence-corrected chi connectivity index (χ2v) is 6.61. The molecule has 1 aliphatic rings. The van der Waals surface area contributed by atoms with Crippen LogP contribution < -0.4 is 5.32 Å². The number of piperazine rings is 1. The van der Waals surface area contributed by atoms with Crippen molar-refractivity contribution in [1.82, 2.24) is 10.2 Å². The number of hydrogen-bond acceptors (Lipinski definition) is 2. The Morgan fingerprint density at radius 2 is 1.47 bits per heavy atom. The Bertz CT molecular complexity index is 185. The largest absolute Gasteiger partial charge is 0.314 e. The fraction of sp³-hybridized carbons (Fsp3) is 1.00. The van der Waals surface area contributed by atoms with E-state index >= 15 is 0 Å². The molecule has 0 radical (unpaired) electrons. The number of rotatable bonds is 3. The van der Waals surface area contributed by atoms with E-state index in [4.69, 9.17) is 0 Å². The van der Waals surface area contributed by atoms with Gasteiger partial charge in [0, 0.05) is 31.7 Å². The van der Waals surface area contributed by atoms with Gasteiger partial charge in [-0.2, -0.15) is 0 Å². The van der Waals surface area contributed by atoms with Crippen molar-refractivity contribution in [2.24, 2.45) is 5.41 Å². The van der Waals surface area contributed by atoms with E-state index in [1.165, 1.54) is 25.9 Å². The maximum Gasteiger partial charge on any atom is 0.0154 e. The third-order valence-corrected chi connectivity index (χ3v) is 3.46. The van der Waals surface area contributed by atoms with Crippen LogP contribution in [0.1, 0.15) is 47.5 Å². The predicted molar refractivity (Wildman–Crippen MR) is 67.2 cm³/mol. The highest BCUT2D eigenvalue weighted by Crippen LogP contribution is 2.28. The monoisotopic (exact) mass is 212 g/mol. The van der Waals surface area contributed by atoms with Crippen LogP contribution >= 0.6 is 0 Å². The van der Waals surface area contributed by atoms with Gasteiger partial charge in [0.05, 0.1) is 0 Å². The predicted octanol–water partition coefficient (Wildman–Crippen LogP) is 2.50. The maximum absolute atomic E-state index is 3.42. The van der Waals surface area contributed by atoms with Crippen LogP contribution in [0.5, 0.6) is 0 Å². The first-order valence-corrected chi connectivity index (χ1v) is 6.27. The lowest BCUT2D eigenvalue weighted by Gasteiger charge is -2.42. The summed E-state index contributed by atoms with van der Waals surface area (Å²) in [5.74, 6) is 0. The van der Waals surface area contributed by atoms with Gasteiger partial charge in [0.15, 0.2) is 0 Å². The molecule has 0 aromatic carbocycles. The highest BCUT2D eigenvalue weighted by atomic mass is 15.2. The van der Waals surface area contributed by atoms with Crippen LogP contribution in [-0.2, 0) is 0 Å². The molecule has 1 aliphatic heterocycles. The molecule has 0 saturated carbocycles. The SMILES string of the molecule is CC(C)(C)CCC(C)(C)N1CCNCC1. The van der Waals surface area contributed by atoms with E-state index in [1.54, 1.807) is 0 Å². The van der Waals surface area contributed by atoms with Crippen LogP contribution in [0.25, 0.3) is 0 Å². The molecule has 2 nitrogen and oxygen atoms in total. The molecule has 1 heterocycles. The molecular formula is C13H28N2. The summed E-state index contributed by atoms with van der Waals surface area (Å²) in [5.41, 5.74) is 0.834. The quantitative estimate of drug-likeness (QED) is 0.773. The summed E-state index contributed by atoms with van der Waals surface area (Å²) < 4.78 is 0. The topological polar surface area (TPSA) is 15.3 Å². The summed E-state index contributed by atoms with van der Waals surface area (Å²) >= 11 is 0. The van der Waals surface area contributed by atoms with Gasteiger partial charge in [-0.15, -0.1) is 0 Å². The Morgan fingerprint density at radius 1 is 0.933 bits per heavy atom. The van der Waals surface area contributed by atoms with Crippen molar-refractivity contribution in [2.45, 2.75) is 53.0 Å². The summed E-state index contributed by atoms with van der Waals surface area (Å²) in [7, 11) is 0. The molecule has 0 aliphatic carbocycles. The third kappa shape index (κ3) is 4.52. The van der Waals surface area contributed by atoms with Gasteiger partial charge in [-0.25, -0.2) is 0 Å². The van der Waals surface area contributed by atoms with Crippen LogP contribution in [0, 0.1) is 5.41 Å². The highest BCUT2D eigenvalue weighted by molar-refractivity contribution is 4.85. The molecule has 15 heavy (non-hydrogen) atoms. The Morgan fingerprint density at radius 3 is 1.93 bits per heavy atom. The van der Waals surface area contributed by atoms with E-state index in [-0.39, 0.29) is 0 Å². The molecule has 1 fully saturated rings. The van der Waals surface area contributed by atoms with Crippen molar-refractivity contribution >= 4 is 0 Å². The molecule has 0 bridgehead atoms.